The first-order chi connectivity index (χ1) is 6.72. The minimum atomic E-state index is 0.117. The highest BCUT2D eigenvalue weighted by molar-refractivity contribution is 7.94. The Balaban J connectivity index is 2.34. The number of hydrogen-bond donors (Lipinski definition) is 0. The van der Waals surface area contributed by atoms with E-state index in [2.05, 4.69) is 31.2 Å². The highest BCUT2D eigenvalue weighted by Crippen LogP contribution is 2.20. The number of hydrogen-bond acceptors (Lipinski definition) is 3. The molecule has 1 aromatic carbocycles. The molecule has 0 aliphatic heterocycles. The molecule has 0 aliphatic carbocycles. The molecule has 1 atom stereocenters. The van der Waals surface area contributed by atoms with E-state index < -0.39 is 0 Å². The lowest BCUT2D eigenvalue weighted by Crippen LogP contribution is -2.10. The van der Waals surface area contributed by atoms with E-state index in [0.717, 1.165) is 4.90 Å². The third kappa shape index (κ3) is 4.13. The van der Waals surface area contributed by atoms with E-state index in [4.69, 9.17) is 8.92 Å². The molecule has 2 nitrogen and oxygen atoms in total. The van der Waals surface area contributed by atoms with Crippen LogP contribution in [0.25, 0.3) is 0 Å². The zero-order valence-electron chi connectivity index (χ0n) is 8.82. The van der Waals surface area contributed by atoms with E-state index in [0.29, 0.717) is 6.61 Å². The first kappa shape index (κ1) is 11.6. The van der Waals surface area contributed by atoms with Gasteiger partial charge in [-0.15, -0.1) is 0 Å². The summed E-state index contributed by atoms with van der Waals surface area (Å²) in [5, 5.41) is 0. The van der Waals surface area contributed by atoms with Crippen molar-refractivity contribution in [1.82, 2.24) is 0 Å². The maximum absolute atomic E-state index is 5.50. The molecule has 0 aromatic heterocycles. The van der Waals surface area contributed by atoms with Crippen molar-refractivity contribution in [3.63, 3.8) is 0 Å². The van der Waals surface area contributed by atoms with Gasteiger partial charge in [0, 0.05) is 24.0 Å². The molecule has 1 unspecified atom stereocenters. The topological polar surface area (TPSA) is 18.5 Å². The summed E-state index contributed by atoms with van der Waals surface area (Å²) in [7, 11) is 1.68. The third-order valence-corrected chi connectivity index (χ3v) is 2.62. The zero-order chi connectivity index (χ0) is 10.4. The Labute approximate surface area is 89.8 Å². The predicted molar refractivity (Wildman–Crippen MR) is 59.5 cm³/mol. The van der Waals surface area contributed by atoms with Crippen molar-refractivity contribution >= 4 is 12.0 Å². The van der Waals surface area contributed by atoms with Crippen LogP contribution in [0.3, 0.4) is 0 Å². The molecule has 1 rings (SSSR count). The average Bonchev–Trinajstić information content (AvgIpc) is 2.17. The van der Waals surface area contributed by atoms with Gasteiger partial charge in [0.2, 0.25) is 0 Å². The molecule has 1 aromatic rings. The summed E-state index contributed by atoms with van der Waals surface area (Å²) in [6.45, 7) is 4.69. The Morgan fingerprint density at radius 1 is 1.29 bits per heavy atom. The maximum atomic E-state index is 5.50. The molecule has 0 radical (unpaired) electrons. The monoisotopic (exact) mass is 212 g/mol. The minimum absolute atomic E-state index is 0.117. The largest absolute Gasteiger partial charge is 0.382 e. The first-order valence-corrected chi connectivity index (χ1v) is 5.35. The molecular formula is C11H16O2S. The van der Waals surface area contributed by atoms with E-state index >= 15 is 0 Å². The maximum Gasteiger partial charge on any atom is 0.0931 e. The number of benzene rings is 1. The Hall–Kier alpha value is -0.510. The van der Waals surface area contributed by atoms with Gasteiger partial charge in [-0.25, -0.2) is 0 Å². The summed E-state index contributed by atoms with van der Waals surface area (Å²) in [5.74, 6) is 0. The lowest BCUT2D eigenvalue weighted by molar-refractivity contribution is 0.106. The summed E-state index contributed by atoms with van der Waals surface area (Å²) < 4.78 is 10.5. The van der Waals surface area contributed by atoms with Crippen LogP contribution in [0.1, 0.15) is 12.5 Å². The van der Waals surface area contributed by atoms with Gasteiger partial charge in [0.15, 0.2) is 0 Å². The van der Waals surface area contributed by atoms with Crippen molar-refractivity contribution in [3.05, 3.63) is 29.8 Å². The molecule has 0 amide bonds. The van der Waals surface area contributed by atoms with Gasteiger partial charge in [-0.1, -0.05) is 17.7 Å². The van der Waals surface area contributed by atoms with Gasteiger partial charge in [-0.3, -0.25) is 0 Å². The normalized spacial score (nSPS) is 12.8. The molecule has 0 fully saturated rings. The van der Waals surface area contributed by atoms with E-state index in [1.165, 1.54) is 17.6 Å². The van der Waals surface area contributed by atoms with Crippen molar-refractivity contribution in [2.75, 3.05) is 13.7 Å². The average molecular weight is 212 g/mol. The van der Waals surface area contributed by atoms with Crippen molar-refractivity contribution in [2.45, 2.75) is 24.8 Å². The van der Waals surface area contributed by atoms with Gasteiger partial charge in [0.05, 0.1) is 12.7 Å². The second-order valence-electron chi connectivity index (χ2n) is 3.26. The molecule has 0 aliphatic rings. The fourth-order valence-corrected chi connectivity index (χ4v) is 1.57. The number of ether oxygens (including phenoxy) is 1. The van der Waals surface area contributed by atoms with E-state index in [1.807, 2.05) is 6.92 Å². The van der Waals surface area contributed by atoms with Crippen molar-refractivity contribution in [2.24, 2.45) is 0 Å². The summed E-state index contributed by atoms with van der Waals surface area (Å²) in [6.07, 6.45) is 0.117. The highest BCUT2D eigenvalue weighted by Gasteiger charge is 2.02. The SMILES string of the molecule is COCC(C)OSc1ccc(C)cc1. The van der Waals surface area contributed by atoms with Crippen LogP contribution in [0.4, 0.5) is 0 Å². The Morgan fingerprint density at radius 2 is 1.93 bits per heavy atom. The smallest absolute Gasteiger partial charge is 0.0931 e. The fourth-order valence-electron chi connectivity index (χ4n) is 0.994. The van der Waals surface area contributed by atoms with Gasteiger partial charge in [-0.2, -0.15) is 0 Å². The number of aryl methyl sites for hydroxylation is 1. The Morgan fingerprint density at radius 3 is 2.50 bits per heavy atom. The van der Waals surface area contributed by atoms with Crippen LogP contribution >= 0.6 is 12.0 Å². The molecule has 0 saturated heterocycles. The second-order valence-corrected chi connectivity index (χ2v) is 4.09. The highest BCUT2D eigenvalue weighted by atomic mass is 32.2. The van der Waals surface area contributed by atoms with E-state index in [-0.39, 0.29) is 6.10 Å². The Kier molecular flexibility index (Phi) is 5.01. The molecule has 14 heavy (non-hydrogen) atoms. The van der Waals surface area contributed by atoms with Crippen LogP contribution in [0, 0.1) is 6.92 Å². The standard InChI is InChI=1S/C11H16O2S/c1-9-4-6-11(7-5-9)14-13-10(2)8-12-3/h4-7,10H,8H2,1-3H3. The third-order valence-electron chi connectivity index (χ3n) is 1.73. The molecular weight excluding hydrogens is 196 g/mol. The molecule has 0 bridgehead atoms. The van der Waals surface area contributed by atoms with Crippen molar-refractivity contribution < 1.29 is 8.92 Å². The van der Waals surface area contributed by atoms with Crippen molar-refractivity contribution in [3.8, 4) is 0 Å². The molecule has 0 saturated carbocycles. The second kappa shape index (κ2) is 6.06. The Bertz CT molecular complexity index is 258. The van der Waals surface area contributed by atoms with Crippen LogP contribution in [-0.2, 0) is 8.92 Å². The minimum Gasteiger partial charge on any atom is -0.382 e. The first-order valence-electron chi connectivity index (χ1n) is 4.61. The fraction of sp³-hybridized carbons (Fsp3) is 0.455. The molecule has 78 valence electrons. The molecule has 0 heterocycles. The van der Waals surface area contributed by atoms with Gasteiger partial charge in [0.25, 0.3) is 0 Å². The van der Waals surface area contributed by atoms with Gasteiger partial charge >= 0.3 is 0 Å². The molecule has 0 N–H and O–H groups in total. The molecule has 3 heteroatoms. The van der Waals surface area contributed by atoms with Crippen molar-refractivity contribution in [1.29, 1.82) is 0 Å². The quantitative estimate of drug-likeness (QED) is 0.699. The van der Waals surface area contributed by atoms with E-state index in [1.54, 1.807) is 7.11 Å². The van der Waals surface area contributed by atoms with Crippen LogP contribution in [0.2, 0.25) is 0 Å². The lowest BCUT2D eigenvalue weighted by Gasteiger charge is -2.09. The number of methoxy groups -OCH3 is 1. The van der Waals surface area contributed by atoms with Gasteiger partial charge in [0.1, 0.15) is 0 Å². The summed E-state index contributed by atoms with van der Waals surface area (Å²) in [4.78, 5) is 1.12. The van der Waals surface area contributed by atoms with Gasteiger partial charge < -0.3 is 8.92 Å². The van der Waals surface area contributed by atoms with Crippen LogP contribution < -0.4 is 0 Å². The predicted octanol–water partition coefficient (Wildman–Crippen LogP) is 3.05. The zero-order valence-corrected chi connectivity index (χ0v) is 9.64. The summed E-state index contributed by atoms with van der Waals surface area (Å²) in [5.41, 5.74) is 1.26. The lowest BCUT2D eigenvalue weighted by atomic mass is 10.2. The molecule has 0 spiro atoms. The summed E-state index contributed by atoms with van der Waals surface area (Å²) in [6, 6.07) is 8.26. The van der Waals surface area contributed by atoms with Crippen LogP contribution in [-0.4, -0.2) is 19.8 Å². The number of rotatable bonds is 5. The van der Waals surface area contributed by atoms with E-state index in [9.17, 15) is 0 Å². The van der Waals surface area contributed by atoms with Gasteiger partial charge in [-0.05, 0) is 26.0 Å². The van der Waals surface area contributed by atoms with Crippen LogP contribution in [0.15, 0.2) is 29.2 Å². The van der Waals surface area contributed by atoms with Crippen LogP contribution in [0.5, 0.6) is 0 Å². The summed E-state index contributed by atoms with van der Waals surface area (Å²) >= 11 is 1.40.